The maximum atomic E-state index is 13.5. The molecule has 0 bridgehead atoms. The third-order valence-electron chi connectivity index (χ3n) is 8.42. The number of nitrogens with one attached hydrogen (secondary N) is 2. The normalized spacial score (nSPS) is 20.6. The summed E-state index contributed by atoms with van der Waals surface area (Å²) in [4.78, 5) is 21.5. The second-order valence-electron chi connectivity index (χ2n) is 12.6. The molecule has 1 aliphatic carbocycles. The predicted molar refractivity (Wildman–Crippen MR) is 157 cm³/mol. The Morgan fingerprint density at radius 1 is 1.18 bits per heavy atom. The maximum absolute atomic E-state index is 13.5. The highest BCUT2D eigenvalue weighted by atomic mass is 19.4. The van der Waals surface area contributed by atoms with E-state index < -0.39 is 23.1 Å². The van der Waals surface area contributed by atoms with Crippen molar-refractivity contribution in [2.24, 2.45) is 0 Å². The van der Waals surface area contributed by atoms with Gasteiger partial charge in [-0.3, -0.25) is 9.58 Å². The van der Waals surface area contributed by atoms with E-state index in [1.165, 1.54) is 12.4 Å². The van der Waals surface area contributed by atoms with Gasteiger partial charge in [-0.25, -0.2) is 15.0 Å². The number of fused-ring (bicyclic) bond motifs is 1. The molecule has 45 heavy (non-hydrogen) atoms. The molecule has 3 N–H and O–H groups in total. The van der Waals surface area contributed by atoms with Crippen LogP contribution in [0.1, 0.15) is 57.5 Å². The van der Waals surface area contributed by atoms with Crippen LogP contribution < -0.4 is 10.1 Å². The third kappa shape index (κ3) is 6.77. The van der Waals surface area contributed by atoms with Gasteiger partial charge in [0.1, 0.15) is 23.6 Å². The number of H-pyrrole nitrogens is 1. The molecule has 4 aromatic heterocycles. The summed E-state index contributed by atoms with van der Waals surface area (Å²) < 4.78 is 48.4. The number of likely N-dealkylation sites (tertiary alicyclic amines) is 1. The van der Waals surface area contributed by atoms with Gasteiger partial charge in [0.05, 0.1) is 35.7 Å². The van der Waals surface area contributed by atoms with E-state index in [0.717, 1.165) is 35.1 Å². The first-order valence-corrected chi connectivity index (χ1v) is 14.9. The zero-order chi connectivity index (χ0) is 31.8. The molecule has 0 amide bonds. The number of ether oxygens (including phenoxy) is 1. The van der Waals surface area contributed by atoms with Crippen molar-refractivity contribution in [1.82, 2.24) is 44.9 Å². The molecule has 12 nitrogen and oxygen atoms in total. The van der Waals surface area contributed by atoms with Crippen LogP contribution in [0.4, 0.5) is 13.2 Å². The maximum Gasteiger partial charge on any atom is 0.451 e. The minimum Gasteiger partial charge on any atom is -0.474 e. The largest absolute Gasteiger partial charge is 0.474 e. The first-order chi connectivity index (χ1) is 21.4. The standard InChI is InChI=1S/C30H35F3N10O2/c1-28(2,44)15-35-13-20-11-24(41-27(40-20)30(31,32)33)45-22-5-3-21(4-6-22)42-16-29(17-42,8-9-34)43-14-19(12-39-43)25-23-7-10-36-26(23)38-18-37-25/h7,10-12,14,18,21-22,35,44H,3-6,8,13,15-17H2,1-2H3,(H,36,37,38). The molecule has 0 atom stereocenters. The number of nitrogens with zero attached hydrogens (tertiary/aromatic N) is 8. The van der Waals surface area contributed by atoms with E-state index in [4.69, 9.17) is 4.74 Å². The third-order valence-corrected chi connectivity index (χ3v) is 8.42. The lowest BCUT2D eigenvalue weighted by Gasteiger charge is -2.53. The molecular formula is C30H35F3N10O2. The SMILES string of the molecule is CC(C)(O)CNCc1cc(OC2CCC(N3CC(CC#N)(n4cc(-c5ncnc6[nH]ccc56)cn4)C3)CC2)nc(C(F)(F)F)n1. The van der Waals surface area contributed by atoms with Gasteiger partial charge in [-0.05, 0) is 45.6 Å². The fourth-order valence-electron chi connectivity index (χ4n) is 6.21. The lowest BCUT2D eigenvalue weighted by Crippen LogP contribution is -2.65. The topological polar surface area (TPSA) is 154 Å². The Morgan fingerprint density at radius 3 is 2.67 bits per heavy atom. The van der Waals surface area contributed by atoms with Gasteiger partial charge in [-0.2, -0.15) is 28.5 Å². The lowest BCUT2D eigenvalue weighted by molar-refractivity contribution is -0.145. The van der Waals surface area contributed by atoms with Crippen molar-refractivity contribution in [2.45, 2.75) is 82.0 Å². The molecule has 1 saturated carbocycles. The summed E-state index contributed by atoms with van der Waals surface area (Å²) in [6, 6.07) is 5.95. The Bertz CT molecular complexity index is 1680. The molecular weight excluding hydrogens is 589 g/mol. The van der Waals surface area contributed by atoms with Gasteiger partial charge in [0.15, 0.2) is 0 Å². The van der Waals surface area contributed by atoms with E-state index in [0.29, 0.717) is 32.4 Å². The van der Waals surface area contributed by atoms with Crippen LogP contribution in [0.5, 0.6) is 5.88 Å². The van der Waals surface area contributed by atoms with Crippen molar-refractivity contribution in [3.05, 3.63) is 48.6 Å². The van der Waals surface area contributed by atoms with Crippen LogP contribution in [-0.2, 0) is 18.3 Å². The summed E-state index contributed by atoms with van der Waals surface area (Å²) in [6.45, 7) is 4.76. The second kappa shape index (κ2) is 12.0. The predicted octanol–water partition coefficient (Wildman–Crippen LogP) is 3.81. The van der Waals surface area contributed by atoms with Gasteiger partial charge in [-0.15, -0.1) is 0 Å². The smallest absolute Gasteiger partial charge is 0.451 e. The number of aliphatic hydroxyl groups is 1. The van der Waals surface area contributed by atoms with Crippen LogP contribution >= 0.6 is 0 Å². The van der Waals surface area contributed by atoms with Gasteiger partial charge < -0.3 is 20.1 Å². The van der Waals surface area contributed by atoms with E-state index in [1.807, 2.05) is 23.1 Å². The Labute approximate surface area is 257 Å². The quantitative estimate of drug-likeness (QED) is 0.237. The van der Waals surface area contributed by atoms with Crippen LogP contribution in [0.15, 0.2) is 37.1 Å². The van der Waals surface area contributed by atoms with Gasteiger partial charge in [0.25, 0.3) is 0 Å². The van der Waals surface area contributed by atoms with Crippen molar-refractivity contribution in [3.63, 3.8) is 0 Å². The first kappa shape index (κ1) is 30.9. The summed E-state index contributed by atoms with van der Waals surface area (Å²) in [5.41, 5.74) is 1.04. The van der Waals surface area contributed by atoms with Gasteiger partial charge in [0, 0.05) is 61.6 Å². The molecule has 0 spiro atoms. The summed E-state index contributed by atoms with van der Waals surface area (Å²) in [6.07, 6.45) is 5.31. The number of rotatable bonds is 10. The zero-order valence-electron chi connectivity index (χ0n) is 25.0. The van der Waals surface area contributed by atoms with Crippen molar-refractivity contribution >= 4 is 11.0 Å². The fraction of sp³-hybridized carbons (Fsp3) is 0.533. The number of aromatic nitrogens is 7. The number of aromatic amines is 1. The van der Waals surface area contributed by atoms with Crippen molar-refractivity contribution < 1.29 is 23.0 Å². The molecule has 2 fully saturated rings. The highest BCUT2D eigenvalue weighted by Crippen LogP contribution is 2.39. The number of hydrogen-bond donors (Lipinski definition) is 3. The average Bonchev–Trinajstić information content (AvgIpc) is 3.65. The number of hydrogen-bond acceptors (Lipinski definition) is 10. The molecule has 0 radical (unpaired) electrons. The van der Waals surface area contributed by atoms with Crippen molar-refractivity contribution in [3.8, 4) is 23.2 Å². The summed E-state index contributed by atoms with van der Waals surface area (Å²) in [7, 11) is 0. The molecule has 238 valence electrons. The van der Waals surface area contributed by atoms with Gasteiger partial charge >= 0.3 is 6.18 Å². The molecule has 0 unspecified atom stereocenters. The van der Waals surface area contributed by atoms with E-state index in [-0.39, 0.29) is 36.8 Å². The highest BCUT2D eigenvalue weighted by molar-refractivity contribution is 5.90. The van der Waals surface area contributed by atoms with E-state index in [1.54, 1.807) is 20.0 Å². The van der Waals surface area contributed by atoms with E-state index in [2.05, 4.69) is 46.3 Å². The molecule has 4 aromatic rings. The monoisotopic (exact) mass is 624 g/mol. The second-order valence-corrected chi connectivity index (χ2v) is 12.6. The Kier molecular flexibility index (Phi) is 8.23. The first-order valence-electron chi connectivity index (χ1n) is 14.9. The van der Waals surface area contributed by atoms with Gasteiger partial charge in [0.2, 0.25) is 11.7 Å². The van der Waals surface area contributed by atoms with E-state index >= 15 is 0 Å². The van der Waals surface area contributed by atoms with Crippen LogP contribution in [0.25, 0.3) is 22.3 Å². The number of nitriles is 1. The molecule has 2 aliphatic rings. The van der Waals surface area contributed by atoms with Crippen molar-refractivity contribution in [2.75, 3.05) is 19.6 Å². The molecule has 5 heterocycles. The number of halogens is 3. The van der Waals surface area contributed by atoms with Crippen LogP contribution in [-0.4, -0.2) is 82.1 Å². The summed E-state index contributed by atoms with van der Waals surface area (Å²) >= 11 is 0. The summed E-state index contributed by atoms with van der Waals surface area (Å²) in [5, 5.41) is 28.0. The van der Waals surface area contributed by atoms with Crippen LogP contribution in [0, 0.1) is 11.3 Å². The molecule has 15 heteroatoms. The van der Waals surface area contributed by atoms with Crippen LogP contribution in [0.3, 0.4) is 0 Å². The average molecular weight is 625 g/mol. The highest BCUT2D eigenvalue weighted by Gasteiger charge is 2.48. The minimum absolute atomic E-state index is 0.0331. The molecule has 0 aromatic carbocycles. The molecule has 1 saturated heterocycles. The molecule has 1 aliphatic heterocycles. The van der Waals surface area contributed by atoms with Crippen molar-refractivity contribution in [1.29, 1.82) is 5.26 Å². The van der Waals surface area contributed by atoms with E-state index in [9.17, 15) is 23.5 Å². The summed E-state index contributed by atoms with van der Waals surface area (Å²) in [5.74, 6) is -1.35. The van der Waals surface area contributed by atoms with Crippen LogP contribution in [0.2, 0.25) is 0 Å². The minimum atomic E-state index is -4.71. The number of alkyl halides is 3. The molecule has 6 rings (SSSR count). The Morgan fingerprint density at radius 2 is 1.96 bits per heavy atom. The Hall–Kier alpha value is -4.13. The van der Waals surface area contributed by atoms with Gasteiger partial charge in [-0.1, -0.05) is 0 Å². The zero-order valence-corrected chi connectivity index (χ0v) is 25.0. The Balaban J connectivity index is 1.07. The lowest BCUT2D eigenvalue weighted by atomic mass is 9.82. The fourth-order valence-corrected chi connectivity index (χ4v) is 6.21.